The normalized spacial score (nSPS) is 9.80. The standard InChI is InChI=1S/C6H6I2N2/c7-3-5-6(4-8)10-2-1-9-5/h1-2H,3-4H2. The summed E-state index contributed by atoms with van der Waals surface area (Å²) in [4.78, 5) is 8.39. The Kier molecular flexibility index (Phi) is 3.82. The Balaban J connectivity index is 2.96. The second-order valence-corrected chi connectivity index (χ2v) is 3.24. The van der Waals surface area contributed by atoms with Crippen molar-refractivity contribution in [3.05, 3.63) is 23.8 Å². The molecule has 54 valence electrons. The average molecular weight is 360 g/mol. The van der Waals surface area contributed by atoms with Crippen LogP contribution in [-0.2, 0) is 8.86 Å². The third kappa shape index (κ3) is 2.01. The smallest absolute Gasteiger partial charge is 0.0724 e. The zero-order valence-electron chi connectivity index (χ0n) is 5.22. The zero-order chi connectivity index (χ0) is 7.40. The second kappa shape index (κ2) is 4.42. The van der Waals surface area contributed by atoms with E-state index in [2.05, 4.69) is 55.1 Å². The fraction of sp³-hybridized carbons (Fsp3) is 0.333. The lowest BCUT2D eigenvalue weighted by molar-refractivity contribution is 1.04. The first-order chi connectivity index (χ1) is 4.88. The summed E-state index contributed by atoms with van der Waals surface area (Å²) < 4.78 is 1.90. The van der Waals surface area contributed by atoms with Gasteiger partial charge >= 0.3 is 0 Å². The largest absolute Gasteiger partial charge is 0.257 e. The molecule has 0 unspecified atom stereocenters. The third-order valence-electron chi connectivity index (χ3n) is 1.11. The highest BCUT2D eigenvalue weighted by molar-refractivity contribution is 14.1. The molecule has 4 heteroatoms. The van der Waals surface area contributed by atoms with E-state index in [1.54, 1.807) is 12.4 Å². The van der Waals surface area contributed by atoms with E-state index in [-0.39, 0.29) is 0 Å². The number of halogens is 2. The first kappa shape index (κ1) is 8.63. The van der Waals surface area contributed by atoms with Crippen LogP contribution in [-0.4, -0.2) is 9.97 Å². The van der Waals surface area contributed by atoms with Crippen molar-refractivity contribution in [2.24, 2.45) is 0 Å². The van der Waals surface area contributed by atoms with Crippen molar-refractivity contribution in [2.75, 3.05) is 0 Å². The molecule has 0 fully saturated rings. The van der Waals surface area contributed by atoms with Crippen molar-refractivity contribution in [3.8, 4) is 0 Å². The third-order valence-corrected chi connectivity index (χ3v) is 2.56. The maximum atomic E-state index is 4.19. The summed E-state index contributed by atoms with van der Waals surface area (Å²) in [5.74, 6) is 0. The molecule has 0 N–H and O–H groups in total. The Morgan fingerprint density at radius 3 is 1.70 bits per heavy atom. The van der Waals surface area contributed by atoms with Crippen LogP contribution in [0.4, 0.5) is 0 Å². The minimum atomic E-state index is 0.948. The molecular formula is C6H6I2N2. The topological polar surface area (TPSA) is 25.8 Å². The monoisotopic (exact) mass is 360 g/mol. The van der Waals surface area contributed by atoms with Crippen molar-refractivity contribution >= 4 is 45.2 Å². The number of hydrogen-bond donors (Lipinski definition) is 0. The summed E-state index contributed by atoms with van der Waals surface area (Å²) in [5.41, 5.74) is 2.22. The molecule has 1 heterocycles. The molecule has 0 atom stereocenters. The Bertz CT molecular complexity index is 192. The van der Waals surface area contributed by atoms with Gasteiger partial charge in [0, 0.05) is 21.2 Å². The number of hydrogen-bond acceptors (Lipinski definition) is 2. The van der Waals surface area contributed by atoms with E-state index in [0.29, 0.717) is 0 Å². The lowest BCUT2D eigenvalue weighted by Crippen LogP contribution is -1.94. The van der Waals surface area contributed by atoms with Gasteiger partial charge in [-0.3, -0.25) is 9.97 Å². The van der Waals surface area contributed by atoms with Gasteiger partial charge in [0.1, 0.15) is 0 Å². The van der Waals surface area contributed by atoms with Crippen molar-refractivity contribution in [1.29, 1.82) is 0 Å². The van der Waals surface area contributed by atoms with Crippen LogP contribution in [0.5, 0.6) is 0 Å². The predicted molar refractivity (Wildman–Crippen MR) is 57.5 cm³/mol. The molecule has 0 radical (unpaired) electrons. The van der Waals surface area contributed by atoms with Crippen molar-refractivity contribution < 1.29 is 0 Å². The molecule has 1 aromatic heterocycles. The zero-order valence-corrected chi connectivity index (χ0v) is 9.53. The molecule has 0 saturated heterocycles. The Morgan fingerprint density at radius 2 is 1.40 bits per heavy atom. The highest BCUT2D eigenvalue weighted by atomic mass is 127. The minimum absolute atomic E-state index is 0.948. The van der Waals surface area contributed by atoms with Crippen LogP contribution in [0.2, 0.25) is 0 Å². The number of nitrogens with zero attached hydrogens (tertiary/aromatic N) is 2. The van der Waals surface area contributed by atoms with Gasteiger partial charge in [0.2, 0.25) is 0 Å². The molecule has 0 aromatic carbocycles. The van der Waals surface area contributed by atoms with Gasteiger partial charge in [-0.05, 0) is 0 Å². The van der Waals surface area contributed by atoms with Crippen LogP contribution in [0.1, 0.15) is 11.4 Å². The molecule has 0 saturated carbocycles. The molecule has 10 heavy (non-hydrogen) atoms. The fourth-order valence-electron chi connectivity index (χ4n) is 0.619. The number of aromatic nitrogens is 2. The predicted octanol–water partition coefficient (Wildman–Crippen LogP) is 2.35. The summed E-state index contributed by atoms with van der Waals surface area (Å²) >= 11 is 4.59. The van der Waals surface area contributed by atoms with Gasteiger partial charge in [-0.15, -0.1) is 0 Å². The Labute approximate surface area is 87.1 Å². The Morgan fingerprint density at radius 1 is 1.00 bits per heavy atom. The van der Waals surface area contributed by atoms with E-state index in [0.717, 1.165) is 20.2 Å². The second-order valence-electron chi connectivity index (χ2n) is 1.72. The van der Waals surface area contributed by atoms with Gasteiger partial charge in [0.25, 0.3) is 0 Å². The van der Waals surface area contributed by atoms with Crippen LogP contribution < -0.4 is 0 Å². The van der Waals surface area contributed by atoms with E-state index in [1.165, 1.54) is 0 Å². The van der Waals surface area contributed by atoms with Gasteiger partial charge in [-0.25, -0.2) is 0 Å². The lowest BCUT2D eigenvalue weighted by atomic mass is 10.4. The lowest BCUT2D eigenvalue weighted by Gasteiger charge is -1.98. The maximum absolute atomic E-state index is 4.19. The first-order valence-corrected chi connectivity index (χ1v) is 5.84. The van der Waals surface area contributed by atoms with E-state index >= 15 is 0 Å². The van der Waals surface area contributed by atoms with E-state index in [9.17, 15) is 0 Å². The van der Waals surface area contributed by atoms with Crippen molar-refractivity contribution in [3.63, 3.8) is 0 Å². The van der Waals surface area contributed by atoms with Crippen molar-refractivity contribution in [1.82, 2.24) is 9.97 Å². The quantitative estimate of drug-likeness (QED) is 0.598. The summed E-state index contributed by atoms with van der Waals surface area (Å²) in [6.45, 7) is 0. The van der Waals surface area contributed by atoms with Gasteiger partial charge in [0.15, 0.2) is 0 Å². The van der Waals surface area contributed by atoms with Crippen LogP contribution in [0, 0.1) is 0 Å². The summed E-state index contributed by atoms with van der Waals surface area (Å²) in [5, 5.41) is 0. The van der Waals surface area contributed by atoms with Gasteiger partial charge in [-0.1, -0.05) is 45.2 Å². The molecule has 0 aliphatic rings. The maximum Gasteiger partial charge on any atom is 0.0724 e. The highest BCUT2D eigenvalue weighted by Gasteiger charge is 1.99. The summed E-state index contributed by atoms with van der Waals surface area (Å²) in [6, 6.07) is 0. The van der Waals surface area contributed by atoms with Crippen LogP contribution in [0.3, 0.4) is 0 Å². The van der Waals surface area contributed by atoms with Gasteiger partial charge < -0.3 is 0 Å². The fourth-order valence-corrected chi connectivity index (χ4v) is 1.89. The van der Waals surface area contributed by atoms with Crippen LogP contribution in [0.25, 0.3) is 0 Å². The van der Waals surface area contributed by atoms with E-state index in [4.69, 9.17) is 0 Å². The van der Waals surface area contributed by atoms with E-state index < -0.39 is 0 Å². The van der Waals surface area contributed by atoms with Crippen LogP contribution in [0.15, 0.2) is 12.4 Å². The first-order valence-electron chi connectivity index (χ1n) is 2.79. The molecule has 0 aliphatic heterocycles. The molecule has 0 bridgehead atoms. The minimum Gasteiger partial charge on any atom is -0.257 e. The van der Waals surface area contributed by atoms with Crippen molar-refractivity contribution in [2.45, 2.75) is 8.86 Å². The molecule has 0 spiro atoms. The number of rotatable bonds is 2. The molecule has 0 amide bonds. The molecule has 2 nitrogen and oxygen atoms in total. The van der Waals surface area contributed by atoms with Crippen LogP contribution >= 0.6 is 45.2 Å². The Hall–Kier alpha value is 0.540. The number of alkyl halides is 2. The SMILES string of the molecule is ICc1nccnc1CI. The van der Waals surface area contributed by atoms with E-state index in [1.807, 2.05) is 0 Å². The summed E-state index contributed by atoms with van der Waals surface area (Å²) in [6.07, 6.45) is 3.48. The molecule has 0 aliphatic carbocycles. The summed E-state index contributed by atoms with van der Waals surface area (Å²) in [7, 11) is 0. The molecular weight excluding hydrogens is 354 g/mol. The highest BCUT2D eigenvalue weighted by Crippen LogP contribution is 2.09. The molecule has 1 aromatic rings. The van der Waals surface area contributed by atoms with Gasteiger partial charge in [-0.2, -0.15) is 0 Å². The average Bonchev–Trinajstić information content (AvgIpc) is 2.04. The molecule has 1 rings (SSSR count). The van der Waals surface area contributed by atoms with Gasteiger partial charge in [0.05, 0.1) is 11.4 Å².